The second kappa shape index (κ2) is 6.66. The molecule has 2 aliphatic rings. The van der Waals surface area contributed by atoms with Crippen molar-refractivity contribution in [1.82, 2.24) is 24.8 Å². The van der Waals surface area contributed by atoms with Crippen LogP contribution < -0.4 is 4.90 Å². The SMILES string of the molecule is O=C(c1c[nH]c2ncccc12)N1CC(N2CCN(c3ccccn3)CC2)C1. The number of nitrogens with one attached hydrogen (secondary N) is 1. The van der Waals surface area contributed by atoms with Crippen LogP contribution in [0.1, 0.15) is 10.4 Å². The molecule has 5 rings (SSSR count). The Hall–Kier alpha value is -2.93. The number of amides is 1. The van der Waals surface area contributed by atoms with E-state index >= 15 is 0 Å². The lowest BCUT2D eigenvalue weighted by Crippen LogP contribution is -2.64. The number of piperazine rings is 1. The van der Waals surface area contributed by atoms with E-state index in [1.165, 1.54) is 0 Å². The molecule has 0 spiro atoms. The number of carbonyl (C=O) groups excluding carboxylic acids is 1. The molecule has 0 atom stereocenters. The van der Waals surface area contributed by atoms with Gasteiger partial charge in [0.15, 0.2) is 0 Å². The Balaban J connectivity index is 1.17. The third-order valence-electron chi connectivity index (χ3n) is 5.63. The maximum Gasteiger partial charge on any atom is 0.256 e. The molecule has 1 N–H and O–H groups in total. The van der Waals surface area contributed by atoms with E-state index in [0.717, 1.165) is 61.7 Å². The number of nitrogens with zero attached hydrogens (tertiary/aromatic N) is 5. The van der Waals surface area contributed by atoms with Crippen LogP contribution in [0, 0.1) is 0 Å². The number of anilines is 1. The Bertz CT molecular complexity index is 941. The number of aromatic amines is 1. The van der Waals surface area contributed by atoms with E-state index in [1.807, 2.05) is 35.4 Å². The van der Waals surface area contributed by atoms with Gasteiger partial charge in [0.05, 0.1) is 5.56 Å². The van der Waals surface area contributed by atoms with Crippen molar-refractivity contribution in [3.63, 3.8) is 0 Å². The molecule has 27 heavy (non-hydrogen) atoms. The molecule has 3 aromatic heterocycles. The largest absolute Gasteiger partial charge is 0.354 e. The van der Waals surface area contributed by atoms with Crippen LogP contribution in [-0.4, -0.2) is 76.0 Å². The highest BCUT2D eigenvalue weighted by molar-refractivity contribution is 6.06. The van der Waals surface area contributed by atoms with Crippen molar-refractivity contribution in [3.05, 3.63) is 54.5 Å². The number of H-pyrrole nitrogens is 1. The van der Waals surface area contributed by atoms with Crippen molar-refractivity contribution in [2.24, 2.45) is 0 Å². The minimum absolute atomic E-state index is 0.0950. The third kappa shape index (κ3) is 2.94. The van der Waals surface area contributed by atoms with Crippen LogP contribution in [0.5, 0.6) is 0 Å². The minimum Gasteiger partial charge on any atom is -0.354 e. The summed E-state index contributed by atoms with van der Waals surface area (Å²) in [6, 6.07) is 10.3. The van der Waals surface area contributed by atoms with Gasteiger partial charge in [0.1, 0.15) is 11.5 Å². The number of hydrogen-bond donors (Lipinski definition) is 1. The molecule has 7 heteroatoms. The predicted molar refractivity (Wildman–Crippen MR) is 104 cm³/mol. The van der Waals surface area contributed by atoms with Gasteiger partial charge in [-0.2, -0.15) is 0 Å². The fourth-order valence-electron chi connectivity index (χ4n) is 4.01. The van der Waals surface area contributed by atoms with Crippen LogP contribution in [0.25, 0.3) is 11.0 Å². The second-order valence-electron chi connectivity index (χ2n) is 7.18. The topological polar surface area (TPSA) is 68.4 Å². The van der Waals surface area contributed by atoms with Gasteiger partial charge < -0.3 is 14.8 Å². The van der Waals surface area contributed by atoms with Crippen LogP contribution in [0.4, 0.5) is 5.82 Å². The van der Waals surface area contributed by atoms with Crippen LogP contribution in [0.2, 0.25) is 0 Å². The Labute approximate surface area is 157 Å². The fraction of sp³-hybridized carbons (Fsp3) is 0.350. The van der Waals surface area contributed by atoms with Crippen LogP contribution in [-0.2, 0) is 0 Å². The highest BCUT2D eigenvalue weighted by Gasteiger charge is 2.37. The maximum atomic E-state index is 12.8. The predicted octanol–water partition coefficient (Wildman–Crippen LogP) is 1.60. The van der Waals surface area contributed by atoms with Gasteiger partial charge >= 0.3 is 0 Å². The van der Waals surface area contributed by atoms with E-state index < -0.39 is 0 Å². The first-order valence-electron chi connectivity index (χ1n) is 9.41. The van der Waals surface area contributed by atoms with Crippen molar-refractivity contribution < 1.29 is 4.79 Å². The number of likely N-dealkylation sites (tertiary alicyclic amines) is 1. The molecule has 0 unspecified atom stereocenters. The van der Waals surface area contributed by atoms with Gasteiger partial charge in [-0.15, -0.1) is 0 Å². The maximum absolute atomic E-state index is 12.8. The lowest BCUT2D eigenvalue weighted by atomic mass is 10.0. The summed E-state index contributed by atoms with van der Waals surface area (Å²) in [4.78, 5) is 31.4. The molecule has 1 amide bonds. The van der Waals surface area contributed by atoms with Gasteiger partial charge in [0, 0.05) is 69.3 Å². The Kier molecular flexibility index (Phi) is 4.01. The smallest absolute Gasteiger partial charge is 0.256 e. The first kappa shape index (κ1) is 16.3. The molecule has 0 radical (unpaired) electrons. The van der Waals surface area contributed by atoms with E-state index in [1.54, 1.807) is 12.4 Å². The lowest BCUT2D eigenvalue weighted by molar-refractivity contribution is 0.0248. The summed E-state index contributed by atoms with van der Waals surface area (Å²) >= 11 is 0. The van der Waals surface area contributed by atoms with Crippen LogP contribution in [0.3, 0.4) is 0 Å². The first-order valence-corrected chi connectivity index (χ1v) is 9.41. The van der Waals surface area contributed by atoms with E-state index in [0.29, 0.717) is 6.04 Å². The van der Waals surface area contributed by atoms with E-state index in [9.17, 15) is 4.79 Å². The Morgan fingerprint density at radius 2 is 1.81 bits per heavy atom. The number of hydrogen-bond acceptors (Lipinski definition) is 5. The molecule has 5 heterocycles. The van der Waals surface area contributed by atoms with Crippen molar-refractivity contribution >= 4 is 22.8 Å². The van der Waals surface area contributed by atoms with Crippen molar-refractivity contribution in [2.75, 3.05) is 44.2 Å². The summed E-state index contributed by atoms with van der Waals surface area (Å²) in [6.07, 6.45) is 5.35. The van der Waals surface area contributed by atoms with E-state index in [2.05, 4.69) is 30.8 Å². The van der Waals surface area contributed by atoms with E-state index in [-0.39, 0.29) is 5.91 Å². The van der Waals surface area contributed by atoms with Crippen LogP contribution >= 0.6 is 0 Å². The van der Waals surface area contributed by atoms with Crippen molar-refractivity contribution in [3.8, 4) is 0 Å². The highest BCUT2D eigenvalue weighted by Crippen LogP contribution is 2.24. The monoisotopic (exact) mass is 362 g/mol. The van der Waals surface area contributed by atoms with Gasteiger partial charge in [0.2, 0.25) is 0 Å². The van der Waals surface area contributed by atoms with Crippen LogP contribution in [0.15, 0.2) is 48.9 Å². The summed E-state index contributed by atoms with van der Waals surface area (Å²) < 4.78 is 0. The molecule has 7 nitrogen and oxygen atoms in total. The summed E-state index contributed by atoms with van der Waals surface area (Å²) in [7, 11) is 0. The molecule has 0 aromatic carbocycles. The molecule has 3 aromatic rings. The zero-order valence-electron chi connectivity index (χ0n) is 15.1. The third-order valence-corrected chi connectivity index (χ3v) is 5.63. The molecule has 0 aliphatic carbocycles. The molecule has 2 saturated heterocycles. The van der Waals surface area contributed by atoms with Gasteiger partial charge in [-0.25, -0.2) is 9.97 Å². The zero-order valence-corrected chi connectivity index (χ0v) is 15.1. The normalized spacial score (nSPS) is 18.7. The standard InChI is InChI=1S/C20H22N6O/c27-20(17-12-23-19-16(17)4-3-7-22-19)26-13-15(14-26)24-8-10-25(11-9-24)18-5-1-2-6-21-18/h1-7,12,15H,8-11,13-14H2,(H,22,23). The fourth-order valence-corrected chi connectivity index (χ4v) is 4.01. The van der Waals surface area contributed by atoms with Gasteiger partial charge in [-0.3, -0.25) is 9.69 Å². The Morgan fingerprint density at radius 3 is 2.59 bits per heavy atom. The summed E-state index contributed by atoms with van der Waals surface area (Å²) in [5.41, 5.74) is 1.49. The number of fused-ring (bicyclic) bond motifs is 1. The van der Waals surface area contributed by atoms with E-state index in [4.69, 9.17) is 0 Å². The highest BCUT2D eigenvalue weighted by atomic mass is 16.2. The van der Waals surface area contributed by atoms with Crippen molar-refractivity contribution in [1.29, 1.82) is 0 Å². The molecule has 2 aliphatic heterocycles. The molecule has 2 fully saturated rings. The molecular formula is C20H22N6O. The summed E-state index contributed by atoms with van der Waals surface area (Å²) in [6.45, 7) is 5.59. The lowest BCUT2D eigenvalue weighted by Gasteiger charge is -2.48. The first-order chi connectivity index (χ1) is 13.3. The second-order valence-corrected chi connectivity index (χ2v) is 7.18. The number of rotatable bonds is 3. The average molecular weight is 362 g/mol. The summed E-state index contributed by atoms with van der Waals surface area (Å²) in [5, 5.41) is 0.898. The zero-order chi connectivity index (χ0) is 18.2. The average Bonchev–Trinajstić information content (AvgIpc) is 3.12. The molecule has 138 valence electrons. The number of aromatic nitrogens is 3. The quantitative estimate of drug-likeness (QED) is 0.767. The van der Waals surface area contributed by atoms with Gasteiger partial charge in [0.25, 0.3) is 5.91 Å². The molecular weight excluding hydrogens is 340 g/mol. The Morgan fingerprint density at radius 1 is 1.00 bits per heavy atom. The number of pyridine rings is 2. The minimum atomic E-state index is 0.0950. The van der Waals surface area contributed by atoms with Gasteiger partial charge in [-0.1, -0.05) is 6.07 Å². The molecule has 0 bridgehead atoms. The van der Waals surface area contributed by atoms with Gasteiger partial charge in [-0.05, 0) is 24.3 Å². The number of carbonyl (C=O) groups is 1. The van der Waals surface area contributed by atoms with Crippen molar-refractivity contribution in [2.45, 2.75) is 6.04 Å². The summed E-state index contributed by atoms with van der Waals surface area (Å²) in [5.74, 6) is 1.15. The molecule has 0 saturated carbocycles.